The molecule has 0 saturated carbocycles. The lowest BCUT2D eigenvalue weighted by atomic mass is 10.2. The van der Waals surface area contributed by atoms with Crippen LogP contribution in [-0.2, 0) is 0 Å². The number of benzene rings is 1. The molecule has 0 atom stereocenters. The van der Waals surface area contributed by atoms with Crippen LogP contribution < -0.4 is 5.32 Å². The van der Waals surface area contributed by atoms with E-state index >= 15 is 0 Å². The van der Waals surface area contributed by atoms with E-state index in [4.69, 9.17) is 5.26 Å². The van der Waals surface area contributed by atoms with Crippen molar-refractivity contribution in [2.24, 2.45) is 0 Å². The molecule has 0 radical (unpaired) electrons. The fourth-order valence-electron chi connectivity index (χ4n) is 1.22. The van der Waals surface area contributed by atoms with Crippen molar-refractivity contribution in [3.63, 3.8) is 0 Å². The molecule has 1 N–H and O–H groups in total. The Balaban J connectivity index is 2.35. The number of hydrogen-bond acceptors (Lipinski definition) is 4. The van der Waals surface area contributed by atoms with Crippen LogP contribution in [-0.4, -0.2) is 9.97 Å². The Morgan fingerprint density at radius 3 is 2.88 bits per heavy atom. The summed E-state index contributed by atoms with van der Waals surface area (Å²) in [6, 6.07) is 5.86. The number of nitrogens with one attached hydrogen (secondary N) is 1. The Bertz CT molecular complexity index is 533. The summed E-state index contributed by atoms with van der Waals surface area (Å²) in [5.74, 6) is 0.0509. The number of rotatable bonds is 2. The van der Waals surface area contributed by atoms with Crippen LogP contribution in [0.2, 0.25) is 0 Å². The van der Waals surface area contributed by atoms with Crippen molar-refractivity contribution in [2.75, 3.05) is 5.32 Å². The van der Waals surface area contributed by atoms with Gasteiger partial charge in [0.25, 0.3) is 0 Å². The van der Waals surface area contributed by atoms with Crippen LogP contribution in [0.4, 0.5) is 15.9 Å². The van der Waals surface area contributed by atoms with Crippen molar-refractivity contribution in [2.45, 2.75) is 0 Å². The van der Waals surface area contributed by atoms with Crippen LogP contribution >= 0.6 is 0 Å². The van der Waals surface area contributed by atoms with E-state index in [1.807, 2.05) is 6.07 Å². The minimum absolute atomic E-state index is 0.354. The number of anilines is 2. The van der Waals surface area contributed by atoms with E-state index in [1.54, 1.807) is 0 Å². The summed E-state index contributed by atoms with van der Waals surface area (Å²) in [5, 5.41) is 11.7. The van der Waals surface area contributed by atoms with Gasteiger partial charge in [0, 0.05) is 12.4 Å². The summed E-state index contributed by atoms with van der Waals surface area (Å²) in [4.78, 5) is 7.83. The third-order valence-electron chi connectivity index (χ3n) is 1.93. The summed E-state index contributed by atoms with van der Waals surface area (Å²) < 4.78 is 13.0. The van der Waals surface area contributed by atoms with Crippen molar-refractivity contribution in [1.82, 2.24) is 9.97 Å². The molecule has 5 heteroatoms. The molecule has 1 aromatic heterocycles. The first-order chi connectivity index (χ1) is 7.79. The summed E-state index contributed by atoms with van der Waals surface area (Å²) >= 11 is 0. The molecule has 1 aromatic carbocycles. The fraction of sp³-hybridized carbons (Fsp3) is 0. The molecule has 1 heterocycles. The van der Waals surface area contributed by atoms with Gasteiger partial charge in [-0.05, 0) is 18.2 Å². The Hall–Kier alpha value is -2.48. The molecule has 0 aliphatic rings. The minimum atomic E-state index is -0.412. The van der Waals surface area contributed by atoms with E-state index in [0.717, 1.165) is 0 Å². The van der Waals surface area contributed by atoms with Gasteiger partial charge in [-0.25, -0.2) is 9.37 Å². The predicted molar refractivity (Wildman–Crippen MR) is 56.4 cm³/mol. The lowest BCUT2D eigenvalue weighted by molar-refractivity contribution is 0.628. The van der Waals surface area contributed by atoms with Crippen molar-refractivity contribution < 1.29 is 4.39 Å². The lowest BCUT2D eigenvalue weighted by Gasteiger charge is -2.06. The van der Waals surface area contributed by atoms with Gasteiger partial charge in [0.05, 0.1) is 17.4 Å². The van der Waals surface area contributed by atoms with E-state index in [1.165, 1.54) is 36.8 Å². The number of nitrogens with zero attached hydrogens (tertiary/aromatic N) is 3. The molecular weight excluding hydrogens is 207 g/mol. The summed E-state index contributed by atoms with van der Waals surface area (Å²) in [6.07, 6.45) is 4.53. The normalized spacial score (nSPS) is 9.50. The maximum Gasteiger partial charge on any atom is 0.148 e. The Labute approximate surface area is 91.4 Å². The second-order valence-corrected chi connectivity index (χ2v) is 3.02. The van der Waals surface area contributed by atoms with Gasteiger partial charge < -0.3 is 5.32 Å². The van der Waals surface area contributed by atoms with E-state index in [-0.39, 0.29) is 0 Å². The molecule has 78 valence electrons. The van der Waals surface area contributed by atoms with Gasteiger partial charge in [0.1, 0.15) is 17.7 Å². The lowest BCUT2D eigenvalue weighted by Crippen LogP contribution is -1.96. The van der Waals surface area contributed by atoms with Gasteiger partial charge in [-0.1, -0.05) is 0 Å². The number of aromatic nitrogens is 2. The third kappa shape index (κ3) is 2.12. The molecule has 0 aliphatic carbocycles. The van der Waals surface area contributed by atoms with Crippen LogP contribution in [0.3, 0.4) is 0 Å². The zero-order chi connectivity index (χ0) is 11.4. The molecule has 4 nitrogen and oxygen atoms in total. The van der Waals surface area contributed by atoms with E-state index in [2.05, 4.69) is 15.3 Å². The van der Waals surface area contributed by atoms with E-state index in [9.17, 15) is 4.39 Å². The molecular formula is C11H7FN4. The van der Waals surface area contributed by atoms with Gasteiger partial charge in [-0.2, -0.15) is 5.26 Å². The number of nitriles is 1. The zero-order valence-electron chi connectivity index (χ0n) is 8.18. The summed E-state index contributed by atoms with van der Waals surface area (Å²) in [6.45, 7) is 0. The van der Waals surface area contributed by atoms with Crippen molar-refractivity contribution in [3.8, 4) is 6.07 Å². The largest absolute Gasteiger partial charge is 0.338 e. The molecule has 0 spiro atoms. The fourth-order valence-corrected chi connectivity index (χ4v) is 1.22. The van der Waals surface area contributed by atoms with Gasteiger partial charge in [0.2, 0.25) is 0 Å². The topological polar surface area (TPSA) is 61.6 Å². The van der Waals surface area contributed by atoms with Crippen LogP contribution in [0.15, 0.2) is 36.8 Å². The van der Waals surface area contributed by atoms with Gasteiger partial charge in [-0.15, -0.1) is 0 Å². The summed E-state index contributed by atoms with van der Waals surface area (Å²) in [7, 11) is 0. The first-order valence-corrected chi connectivity index (χ1v) is 4.52. The second-order valence-electron chi connectivity index (χ2n) is 3.02. The maximum absolute atomic E-state index is 13.0. The molecule has 0 unspecified atom stereocenters. The molecule has 0 aliphatic heterocycles. The number of hydrogen-bond donors (Lipinski definition) is 1. The highest BCUT2D eigenvalue weighted by atomic mass is 19.1. The molecule has 2 rings (SSSR count). The molecule has 0 fully saturated rings. The molecule has 16 heavy (non-hydrogen) atoms. The van der Waals surface area contributed by atoms with Crippen LogP contribution in [0.5, 0.6) is 0 Å². The van der Waals surface area contributed by atoms with E-state index < -0.39 is 5.82 Å². The Kier molecular flexibility index (Phi) is 2.74. The standard InChI is InChI=1S/C11H7FN4/c12-9-2-1-8(6-13)10(5-9)16-11-7-14-3-4-15-11/h1-5,7H,(H,15,16). The minimum Gasteiger partial charge on any atom is -0.338 e. The van der Waals surface area contributed by atoms with Crippen molar-refractivity contribution in [3.05, 3.63) is 48.2 Å². The van der Waals surface area contributed by atoms with E-state index in [0.29, 0.717) is 17.1 Å². The molecule has 0 bridgehead atoms. The van der Waals surface area contributed by atoms with Crippen LogP contribution in [0, 0.1) is 17.1 Å². The van der Waals surface area contributed by atoms with Crippen molar-refractivity contribution in [1.29, 1.82) is 5.26 Å². The predicted octanol–water partition coefficient (Wildman–Crippen LogP) is 2.23. The highest BCUT2D eigenvalue weighted by Crippen LogP contribution is 2.19. The molecule has 0 saturated heterocycles. The van der Waals surface area contributed by atoms with Crippen LogP contribution in [0.25, 0.3) is 0 Å². The van der Waals surface area contributed by atoms with Gasteiger partial charge in [-0.3, -0.25) is 4.98 Å². The smallest absolute Gasteiger partial charge is 0.148 e. The molecule has 2 aromatic rings. The zero-order valence-corrected chi connectivity index (χ0v) is 8.18. The number of halogens is 1. The molecule has 0 amide bonds. The van der Waals surface area contributed by atoms with Gasteiger partial charge in [0.15, 0.2) is 0 Å². The quantitative estimate of drug-likeness (QED) is 0.832. The maximum atomic E-state index is 13.0. The highest BCUT2D eigenvalue weighted by Gasteiger charge is 2.04. The first-order valence-electron chi connectivity index (χ1n) is 4.52. The third-order valence-corrected chi connectivity index (χ3v) is 1.93. The second kappa shape index (κ2) is 4.36. The van der Waals surface area contributed by atoms with Crippen molar-refractivity contribution >= 4 is 11.5 Å². The average Bonchev–Trinajstić information content (AvgIpc) is 2.31. The van der Waals surface area contributed by atoms with Gasteiger partial charge >= 0.3 is 0 Å². The first kappa shape index (κ1) is 10.1. The highest BCUT2D eigenvalue weighted by molar-refractivity contribution is 5.63. The monoisotopic (exact) mass is 214 g/mol. The average molecular weight is 214 g/mol. The Morgan fingerprint density at radius 1 is 1.31 bits per heavy atom. The van der Waals surface area contributed by atoms with Crippen LogP contribution in [0.1, 0.15) is 5.56 Å². The summed E-state index contributed by atoms with van der Waals surface area (Å²) in [5.41, 5.74) is 0.732. The SMILES string of the molecule is N#Cc1ccc(F)cc1Nc1cnccn1. The Morgan fingerprint density at radius 2 is 2.19 bits per heavy atom.